The second kappa shape index (κ2) is 6.98. The second-order valence-electron chi connectivity index (χ2n) is 3.40. The quantitative estimate of drug-likeness (QED) is 0.439. The molecule has 1 atom stereocenters. The van der Waals surface area contributed by atoms with Crippen molar-refractivity contribution in [3.05, 3.63) is 35.9 Å². The van der Waals surface area contributed by atoms with Crippen molar-refractivity contribution in [2.75, 3.05) is 6.61 Å². The third-order valence-electron chi connectivity index (χ3n) is 2.07. The lowest BCUT2D eigenvalue weighted by molar-refractivity contribution is -0.323. The summed E-state index contributed by atoms with van der Waals surface area (Å²) >= 11 is 0. The van der Waals surface area contributed by atoms with Crippen LogP contribution >= 0.6 is 0 Å². The first-order valence-corrected chi connectivity index (χ1v) is 5.31. The molecule has 16 heavy (non-hydrogen) atoms. The van der Waals surface area contributed by atoms with E-state index in [1.807, 2.05) is 13.0 Å². The highest BCUT2D eigenvalue weighted by Crippen LogP contribution is 2.17. The zero-order valence-corrected chi connectivity index (χ0v) is 9.26. The largest absolute Gasteiger partial charge is 0.479 e. The zero-order valence-electron chi connectivity index (χ0n) is 9.26. The van der Waals surface area contributed by atoms with Gasteiger partial charge in [-0.25, -0.2) is 14.6 Å². The summed E-state index contributed by atoms with van der Waals surface area (Å²) in [5.41, 5.74) is 0.575. The minimum absolute atomic E-state index is 0.410. The summed E-state index contributed by atoms with van der Waals surface area (Å²) in [4.78, 5) is 20.7. The number of hydrogen-bond donors (Lipinski definition) is 1. The van der Waals surface area contributed by atoms with Crippen molar-refractivity contribution in [1.82, 2.24) is 0 Å². The highest BCUT2D eigenvalue weighted by Gasteiger charge is 2.21. The summed E-state index contributed by atoms with van der Waals surface area (Å²) in [5, 5.41) is 8.98. The molecule has 1 unspecified atom stereocenters. The molecule has 0 bridgehead atoms. The van der Waals surface area contributed by atoms with Crippen molar-refractivity contribution in [3.8, 4) is 0 Å². The van der Waals surface area contributed by atoms with Crippen molar-refractivity contribution in [1.29, 1.82) is 0 Å². The first kappa shape index (κ1) is 12.7. The van der Waals surface area contributed by atoms with E-state index in [0.29, 0.717) is 12.2 Å². The molecule has 0 aliphatic rings. The SMILES string of the molecule is CCCCOOC(C(=O)O)c1ccccc1. The number of carboxylic acids is 1. The first-order chi connectivity index (χ1) is 7.75. The van der Waals surface area contributed by atoms with Gasteiger partial charge < -0.3 is 5.11 Å². The van der Waals surface area contributed by atoms with Gasteiger partial charge in [-0.15, -0.1) is 0 Å². The van der Waals surface area contributed by atoms with Crippen LogP contribution in [0, 0.1) is 0 Å². The van der Waals surface area contributed by atoms with Crippen LogP contribution in [0.4, 0.5) is 0 Å². The molecule has 0 saturated carbocycles. The predicted octanol–water partition coefficient (Wildman–Crippen LogP) is 2.56. The molecular formula is C12H16O4. The maximum absolute atomic E-state index is 11.0. The van der Waals surface area contributed by atoms with Crippen molar-refractivity contribution < 1.29 is 19.7 Å². The smallest absolute Gasteiger partial charge is 0.340 e. The third kappa shape index (κ3) is 4.00. The maximum Gasteiger partial charge on any atom is 0.340 e. The highest BCUT2D eigenvalue weighted by molar-refractivity contribution is 5.74. The Morgan fingerprint density at radius 2 is 2.06 bits per heavy atom. The minimum atomic E-state index is -1.06. The van der Waals surface area contributed by atoms with Crippen molar-refractivity contribution in [3.63, 3.8) is 0 Å². The zero-order chi connectivity index (χ0) is 11.8. The van der Waals surface area contributed by atoms with Crippen LogP contribution in [0.2, 0.25) is 0 Å². The number of benzene rings is 1. The van der Waals surface area contributed by atoms with Crippen LogP contribution in [0.25, 0.3) is 0 Å². The van der Waals surface area contributed by atoms with E-state index in [9.17, 15) is 4.79 Å². The van der Waals surface area contributed by atoms with Gasteiger partial charge in [0.15, 0.2) is 0 Å². The summed E-state index contributed by atoms with van der Waals surface area (Å²) in [7, 11) is 0. The van der Waals surface area contributed by atoms with E-state index < -0.39 is 12.1 Å². The Morgan fingerprint density at radius 3 is 2.62 bits per heavy atom. The summed E-state index contributed by atoms with van der Waals surface area (Å²) in [5.74, 6) is -1.05. The molecule has 88 valence electrons. The van der Waals surface area contributed by atoms with Crippen LogP contribution in [-0.4, -0.2) is 17.7 Å². The van der Waals surface area contributed by atoms with Gasteiger partial charge in [0.1, 0.15) is 0 Å². The van der Waals surface area contributed by atoms with Gasteiger partial charge in [-0.1, -0.05) is 43.7 Å². The molecule has 1 rings (SSSR count). The fourth-order valence-corrected chi connectivity index (χ4v) is 1.19. The lowest BCUT2D eigenvalue weighted by Crippen LogP contribution is -2.16. The Bertz CT molecular complexity index is 310. The molecule has 0 saturated heterocycles. The van der Waals surface area contributed by atoms with E-state index in [2.05, 4.69) is 0 Å². The number of carboxylic acid groups (broad SMARTS) is 1. The van der Waals surface area contributed by atoms with Gasteiger partial charge in [0, 0.05) is 0 Å². The molecule has 1 aromatic rings. The normalized spacial score (nSPS) is 12.3. The van der Waals surface area contributed by atoms with Gasteiger partial charge >= 0.3 is 5.97 Å². The van der Waals surface area contributed by atoms with Gasteiger partial charge in [0.05, 0.1) is 6.61 Å². The van der Waals surface area contributed by atoms with E-state index in [-0.39, 0.29) is 0 Å². The summed E-state index contributed by atoms with van der Waals surface area (Å²) in [6.07, 6.45) is 0.770. The second-order valence-corrected chi connectivity index (χ2v) is 3.40. The Morgan fingerprint density at radius 1 is 1.38 bits per heavy atom. The third-order valence-corrected chi connectivity index (χ3v) is 2.07. The fourth-order valence-electron chi connectivity index (χ4n) is 1.19. The van der Waals surface area contributed by atoms with E-state index in [4.69, 9.17) is 14.9 Å². The lowest BCUT2D eigenvalue weighted by Gasteiger charge is -2.12. The number of aliphatic carboxylic acids is 1. The molecule has 0 aliphatic carbocycles. The van der Waals surface area contributed by atoms with Crippen LogP contribution in [0.15, 0.2) is 30.3 Å². The molecule has 1 N–H and O–H groups in total. The molecular weight excluding hydrogens is 208 g/mol. The first-order valence-electron chi connectivity index (χ1n) is 5.31. The summed E-state index contributed by atoms with van der Waals surface area (Å²) < 4.78 is 0. The average Bonchev–Trinajstić information content (AvgIpc) is 2.30. The summed E-state index contributed by atoms with van der Waals surface area (Å²) in [6, 6.07) is 8.74. The topological polar surface area (TPSA) is 55.8 Å². The number of unbranched alkanes of at least 4 members (excludes halogenated alkanes) is 1. The summed E-state index contributed by atoms with van der Waals surface area (Å²) in [6.45, 7) is 2.43. The molecule has 0 heterocycles. The molecule has 0 radical (unpaired) electrons. The predicted molar refractivity (Wildman–Crippen MR) is 58.8 cm³/mol. The van der Waals surface area contributed by atoms with Gasteiger partial charge in [-0.2, -0.15) is 0 Å². The van der Waals surface area contributed by atoms with Gasteiger partial charge in [-0.05, 0) is 12.0 Å². The molecule has 0 aromatic heterocycles. The average molecular weight is 224 g/mol. The molecule has 0 amide bonds. The Kier molecular flexibility index (Phi) is 5.53. The standard InChI is InChI=1S/C12H16O4/c1-2-3-9-15-16-11(12(13)14)10-7-5-4-6-8-10/h4-8,11H,2-3,9H2,1H3,(H,13,14). The highest BCUT2D eigenvalue weighted by atomic mass is 17.2. The van der Waals surface area contributed by atoms with E-state index in [1.165, 1.54) is 0 Å². The van der Waals surface area contributed by atoms with E-state index in [1.54, 1.807) is 24.3 Å². The molecule has 0 spiro atoms. The lowest BCUT2D eigenvalue weighted by atomic mass is 10.1. The van der Waals surface area contributed by atoms with Gasteiger partial charge in [0.2, 0.25) is 6.10 Å². The Balaban J connectivity index is 2.52. The van der Waals surface area contributed by atoms with E-state index in [0.717, 1.165) is 12.8 Å². The molecule has 4 nitrogen and oxygen atoms in total. The van der Waals surface area contributed by atoms with Crippen LogP contribution in [0.3, 0.4) is 0 Å². The van der Waals surface area contributed by atoms with E-state index >= 15 is 0 Å². The van der Waals surface area contributed by atoms with Crippen LogP contribution in [0.1, 0.15) is 31.4 Å². The Labute approximate surface area is 94.7 Å². The van der Waals surface area contributed by atoms with Crippen molar-refractivity contribution in [2.45, 2.75) is 25.9 Å². The van der Waals surface area contributed by atoms with Crippen LogP contribution in [0.5, 0.6) is 0 Å². The minimum Gasteiger partial charge on any atom is -0.479 e. The van der Waals surface area contributed by atoms with Crippen LogP contribution < -0.4 is 0 Å². The maximum atomic E-state index is 11.0. The van der Waals surface area contributed by atoms with Gasteiger partial charge in [-0.3, -0.25) is 0 Å². The number of hydrogen-bond acceptors (Lipinski definition) is 3. The van der Waals surface area contributed by atoms with Gasteiger partial charge in [0.25, 0.3) is 0 Å². The Hall–Kier alpha value is -1.39. The van der Waals surface area contributed by atoms with Crippen molar-refractivity contribution in [2.24, 2.45) is 0 Å². The monoisotopic (exact) mass is 224 g/mol. The molecule has 4 heteroatoms. The fraction of sp³-hybridized carbons (Fsp3) is 0.417. The molecule has 0 aliphatic heterocycles. The molecule has 0 fully saturated rings. The number of rotatable bonds is 7. The van der Waals surface area contributed by atoms with Crippen molar-refractivity contribution >= 4 is 5.97 Å². The molecule has 1 aromatic carbocycles. The number of carbonyl (C=O) groups is 1. The van der Waals surface area contributed by atoms with Crippen LogP contribution in [-0.2, 0) is 14.6 Å².